The summed E-state index contributed by atoms with van der Waals surface area (Å²) in [5, 5.41) is 25.7. The van der Waals surface area contributed by atoms with Crippen LogP contribution < -0.4 is 18.9 Å². The fourth-order valence-corrected chi connectivity index (χ4v) is 12.8. The number of aliphatic hydroxyl groups excluding tert-OH is 1. The maximum atomic E-state index is 14.0. The Balaban J connectivity index is 0.926. The van der Waals surface area contributed by atoms with E-state index in [1.54, 1.807) is 54.8 Å². The van der Waals surface area contributed by atoms with Crippen LogP contribution in [0.15, 0.2) is 52.4 Å². The number of imidazole rings is 2. The van der Waals surface area contributed by atoms with Gasteiger partial charge in [-0.1, -0.05) is 22.7 Å². The van der Waals surface area contributed by atoms with Crippen LogP contribution in [0.25, 0.3) is 32.4 Å². The lowest BCUT2D eigenvalue weighted by Gasteiger charge is -2.31. The van der Waals surface area contributed by atoms with Gasteiger partial charge in [-0.15, -0.1) is 0 Å². The summed E-state index contributed by atoms with van der Waals surface area (Å²) in [6.45, 7) is 10.8. The van der Waals surface area contributed by atoms with Crippen molar-refractivity contribution in [1.82, 2.24) is 33.4 Å². The first-order chi connectivity index (χ1) is 29.2. The van der Waals surface area contributed by atoms with Crippen molar-refractivity contribution in [1.29, 1.82) is 0 Å². The summed E-state index contributed by atoms with van der Waals surface area (Å²) in [7, 11) is -5.14. The number of nitrogens with one attached hydrogen (secondary N) is 2. The Hall–Kier alpha value is -4.03. The largest absolute Gasteiger partial charge is 0.495 e. The molecule has 2 fully saturated rings. The summed E-state index contributed by atoms with van der Waals surface area (Å²) in [6.07, 6.45) is 3.83. The second kappa shape index (κ2) is 16.5. The van der Waals surface area contributed by atoms with Crippen molar-refractivity contribution in [3.05, 3.63) is 63.9 Å². The zero-order valence-corrected chi connectivity index (χ0v) is 38.9. The Morgan fingerprint density at radius 3 is 1.89 bits per heavy atom. The average molecular weight is 930 g/mol. The van der Waals surface area contributed by atoms with Crippen LogP contribution in [-0.4, -0.2) is 89.5 Å². The number of aliphatic hydroxyl groups is 2. The zero-order chi connectivity index (χ0) is 44.5. The van der Waals surface area contributed by atoms with Gasteiger partial charge in [-0.2, -0.15) is 5.10 Å². The number of thiazole rings is 1. The molecule has 0 spiro atoms. The number of sulfonamides is 2. The van der Waals surface area contributed by atoms with Crippen molar-refractivity contribution in [3.63, 3.8) is 0 Å². The van der Waals surface area contributed by atoms with E-state index in [0.29, 0.717) is 76.0 Å². The van der Waals surface area contributed by atoms with Gasteiger partial charge in [0.15, 0.2) is 15.6 Å². The zero-order valence-electron chi connectivity index (χ0n) is 35.6. The maximum absolute atomic E-state index is 14.0. The fourth-order valence-electron chi connectivity index (χ4n) is 7.83. The van der Waals surface area contributed by atoms with Gasteiger partial charge >= 0.3 is 0 Å². The quantitative estimate of drug-likeness (QED) is 0.0691. The molecule has 334 valence electrons. The van der Waals surface area contributed by atoms with E-state index in [1.807, 2.05) is 38.3 Å². The van der Waals surface area contributed by atoms with E-state index in [1.165, 1.54) is 36.9 Å². The average Bonchev–Trinajstić information content (AvgIpc) is 3.96. The molecule has 2 aromatic carbocycles. The molecule has 4 heterocycles. The number of benzene rings is 2. The van der Waals surface area contributed by atoms with Gasteiger partial charge in [0.1, 0.15) is 21.3 Å². The monoisotopic (exact) mass is 929 g/mol. The molecule has 2 saturated carbocycles. The molecule has 21 heteroatoms. The minimum Gasteiger partial charge on any atom is -0.495 e. The number of rotatable bonds is 15. The van der Waals surface area contributed by atoms with Crippen molar-refractivity contribution >= 4 is 52.6 Å². The van der Waals surface area contributed by atoms with Crippen LogP contribution in [0, 0.1) is 13.8 Å². The third-order valence-electron chi connectivity index (χ3n) is 11.3. The number of aromatic nitrogens is 5. The molecule has 6 aromatic rings. The van der Waals surface area contributed by atoms with Gasteiger partial charge in [0.2, 0.25) is 25.0 Å². The van der Waals surface area contributed by atoms with E-state index < -0.39 is 37.4 Å². The Morgan fingerprint density at radius 1 is 0.774 bits per heavy atom. The molecule has 0 unspecified atom stereocenters. The van der Waals surface area contributed by atoms with Crippen molar-refractivity contribution < 1.29 is 46.3 Å². The first kappa shape index (κ1) is 44.6. The minimum atomic E-state index is -4.02. The molecule has 0 aliphatic heterocycles. The highest BCUT2D eigenvalue weighted by Crippen LogP contribution is 2.39. The van der Waals surface area contributed by atoms with Gasteiger partial charge in [0.05, 0.1) is 59.7 Å². The smallest absolute Gasteiger partial charge is 0.244 e. The third-order valence-corrected chi connectivity index (χ3v) is 16.9. The Bertz CT molecular complexity index is 2860. The van der Waals surface area contributed by atoms with Gasteiger partial charge < -0.3 is 19.7 Å². The first-order valence-corrected chi connectivity index (χ1v) is 24.8. The van der Waals surface area contributed by atoms with Gasteiger partial charge in [0, 0.05) is 29.4 Å². The summed E-state index contributed by atoms with van der Waals surface area (Å²) in [5.41, 5.74) is 1.89. The minimum absolute atomic E-state index is 0.0151. The van der Waals surface area contributed by atoms with E-state index in [4.69, 9.17) is 29.3 Å². The molecule has 0 saturated heterocycles. The summed E-state index contributed by atoms with van der Waals surface area (Å²) < 4.78 is 74.8. The molecule has 2 aliphatic rings. The third kappa shape index (κ3) is 8.63. The second-order valence-corrected chi connectivity index (χ2v) is 22.3. The molecule has 8 rings (SSSR count). The van der Waals surface area contributed by atoms with Crippen LogP contribution in [0.4, 0.5) is 0 Å². The molecule has 0 radical (unpaired) electrons. The molecule has 2 aliphatic carbocycles. The molecule has 4 N–H and O–H groups in total. The van der Waals surface area contributed by atoms with Crippen LogP contribution in [-0.2, 0) is 41.0 Å². The van der Waals surface area contributed by atoms with Crippen molar-refractivity contribution in [2.75, 3.05) is 14.2 Å². The number of aryl methyl sites for hydroxylation is 2. The topological polar surface area (TPSA) is 217 Å². The predicted octanol–water partition coefficient (Wildman–Crippen LogP) is 5.97. The van der Waals surface area contributed by atoms with E-state index in [2.05, 4.69) is 14.4 Å². The lowest BCUT2D eigenvalue weighted by Crippen LogP contribution is -2.46. The second-order valence-electron chi connectivity index (χ2n) is 17.0. The van der Waals surface area contributed by atoms with Gasteiger partial charge in [0.25, 0.3) is 0 Å². The number of ether oxygens (including phenoxy) is 2. The van der Waals surface area contributed by atoms with Crippen LogP contribution in [0.3, 0.4) is 0 Å². The van der Waals surface area contributed by atoms with E-state index >= 15 is 0 Å². The van der Waals surface area contributed by atoms with Gasteiger partial charge in [-0.3, -0.25) is 4.40 Å². The normalized spacial score (nSPS) is 20.2. The highest BCUT2D eigenvalue weighted by molar-refractivity contribution is 7.90. The Labute approximate surface area is 368 Å². The molecule has 4 aromatic heterocycles. The molecule has 17 nitrogen and oxygen atoms in total. The fraction of sp³-hybridized carbons (Fsp3) is 0.488. The van der Waals surface area contributed by atoms with Gasteiger partial charge in [-0.25, -0.2) is 50.5 Å². The van der Waals surface area contributed by atoms with E-state index in [0.717, 1.165) is 16.3 Å². The molecule has 0 atom stereocenters. The predicted molar refractivity (Wildman–Crippen MR) is 234 cm³/mol. The highest BCUT2D eigenvalue weighted by Gasteiger charge is 2.35. The number of methoxy groups -OCH3 is 2. The molecular weight excluding hydrogens is 879 g/mol. The Kier molecular flexibility index (Phi) is 11.9. The summed E-state index contributed by atoms with van der Waals surface area (Å²) in [6, 6.07) is 9.24. The van der Waals surface area contributed by atoms with E-state index in [-0.39, 0.29) is 39.5 Å². The number of hydrogen-bond acceptors (Lipinski definition) is 15. The molecule has 0 bridgehead atoms. The van der Waals surface area contributed by atoms with Crippen LogP contribution in [0.1, 0.15) is 87.5 Å². The molecule has 62 heavy (non-hydrogen) atoms. The van der Waals surface area contributed by atoms with Gasteiger partial charge in [-0.05, 0) is 116 Å². The van der Waals surface area contributed by atoms with E-state index in [9.17, 15) is 27.0 Å². The first-order valence-electron chi connectivity index (χ1n) is 20.2. The number of nitrogens with zero attached hydrogens (tertiary/aromatic N) is 5. The summed E-state index contributed by atoms with van der Waals surface area (Å²) in [5.74, 6) is 0.402. The standard InChI is InChI=1S/C41H51N7O10S4/c1-22-35(47-21-34(40(3,4)50)59-38(47)42-22)24-9-15-30(55-7)32(17-24)61(51,52)45-26-11-13-29(14-12-26)57-58-41(5,6)37-44-48-36(23(2)43-39(48)60-37)25-10-16-31(56-8)33(18-25)62(53,54)46-27-19-28(49)20-27/h9-10,15-18,21,26-29,45-46,49-50H,11-14,19-20H2,1-8H3. The molecule has 0 amide bonds. The highest BCUT2D eigenvalue weighted by atomic mass is 32.2. The summed E-state index contributed by atoms with van der Waals surface area (Å²) >= 11 is 2.70. The number of fused-ring (bicyclic) bond motifs is 2. The lowest BCUT2D eigenvalue weighted by atomic mass is 9.91. The van der Waals surface area contributed by atoms with Crippen LogP contribution in [0.5, 0.6) is 11.5 Å². The maximum Gasteiger partial charge on any atom is 0.244 e. The van der Waals surface area contributed by atoms with Crippen molar-refractivity contribution in [2.24, 2.45) is 0 Å². The van der Waals surface area contributed by atoms with Crippen LogP contribution in [0.2, 0.25) is 0 Å². The van der Waals surface area contributed by atoms with Crippen LogP contribution >= 0.6 is 22.7 Å². The Morgan fingerprint density at radius 2 is 1.32 bits per heavy atom. The van der Waals surface area contributed by atoms with Crippen molar-refractivity contribution in [3.8, 4) is 34.0 Å². The summed E-state index contributed by atoms with van der Waals surface area (Å²) in [4.78, 5) is 23.4. The SMILES string of the molecule is COc1ccc(-c2c(C)nc3sc(C(C)(C)O)cn23)cc1S(=O)(=O)NC1CCC(OOC(C)(C)c2nn3c(-c4ccc(OC)c(S(=O)(=O)NC5CC(O)C5)c4)c(C)nc3s2)CC1. The van der Waals surface area contributed by atoms with Crippen molar-refractivity contribution in [2.45, 2.75) is 125 Å². The lowest BCUT2D eigenvalue weighted by molar-refractivity contribution is -0.385. The molecular formula is C41H51N7O10S4. The number of hydrogen-bond donors (Lipinski definition) is 4.